The summed E-state index contributed by atoms with van der Waals surface area (Å²) in [4.78, 5) is 12.3. The molecular formula is C25H28N4O2. The molecule has 0 unspecified atom stereocenters. The van der Waals surface area contributed by atoms with Gasteiger partial charge in [-0.05, 0) is 42.5 Å². The molecule has 0 fully saturated rings. The Hall–Kier alpha value is -3.43. The minimum Gasteiger partial charge on any atom is -0.477 e. The van der Waals surface area contributed by atoms with Gasteiger partial charge in [-0.15, -0.1) is 0 Å². The van der Waals surface area contributed by atoms with Gasteiger partial charge >= 0.3 is 0 Å². The molecule has 0 aliphatic carbocycles. The first-order chi connectivity index (χ1) is 14.8. The van der Waals surface area contributed by atoms with E-state index in [4.69, 9.17) is 21.8 Å². The number of aryl methyl sites for hydroxylation is 1. The molecule has 31 heavy (non-hydrogen) atoms. The maximum Gasteiger partial charge on any atom is 0.226 e. The highest BCUT2D eigenvalue weighted by Crippen LogP contribution is 2.36. The fraction of sp³-hybridized carbons (Fsp3) is 0.320. The maximum atomic E-state index is 7.36. The number of ether oxygens (including phenoxy) is 2. The van der Waals surface area contributed by atoms with E-state index in [0.717, 1.165) is 17.5 Å². The summed E-state index contributed by atoms with van der Waals surface area (Å²) in [6, 6.07) is 15.3. The van der Waals surface area contributed by atoms with Crippen molar-refractivity contribution in [2.45, 2.75) is 34.1 Å². The van der Waals surface area contributed by atoms with Gasteiger partial charge in [0.05, 0.1) is 19.2 Å². The molecule has 2 aromatic carbocycles. The highest BCUT2D eigenvalue weighted by atomic mass is 16.5. The van der Waals surface area contributed by atoms with E-state index < -0.39 is 0 Å². The van der Waals surface area contributed by atoms with Crippen molar-refractivity contribution in [3.63, 3.8) is 0 Å². The van der Waals surface area contributed by atoms with E-state index in [1.165, 1.54) is 5.56 Å². The maximum absolute atomic E-state index is 7.36. The Bertz CT molecular complexity index is 1080. The lowest BCUT2D eigenvalue weighted by atomic mass is 9.99. The lowest BCUT2D eigenvalue weighted by molar-refractivity contribution is 0.190. The summed E-state index contributed by atoms with van der Waals surface area (Å²) in [5.74, 6) is 1.95. The number of aromatic nitrogens is 2. The zero-order valence-electron chi connectivity index (χ0n) is 18.5. The van der Waals surface area contributed by atoms with Gasteiger partial charge in [0, 0.05) is 5.56 Å². The van der Waals surface area contributed by atoms with Gasteiger partial charge in [-0.2, -0.15) is 9.97 Å². The molecule has 2 N–H and O–H groups in total. The normalized spacial score (nSPS) is 11.1. The van der Waals surface area contributed by atoms with Gasteiger partial charge in [0.25, 0.3) is 0 Å². The van der Waals surface area contributed by atoms with Crippen LogP contribution in [0, 0.1) is 18.9 Å². The van der Waals surface area contributed by atoms with Crippen molar-refractivity contribution >= 4 is 5.69 Å². The minimum atomic E-state index is 0.00701. The molecule has 1 aromatic heterocycles. The summed E-state index contributed by atoms with van der Waals surface area (Å²) < 4.78 is 12.0. The van der Waals surface area contributed by atoms with Crippen LogP contribution in [0.3, 0.4) is 0 Å². The van der Waals surface area contributed by atoms with Crippen molar-refractivity contribution in [1.29, 1.82) is 0 Å². The Morgan fingerprint density at radius 1 is 1.00 bits per heavy atom. The van der Waals surface area contributed by atoms with Crippen LogP contribution in [-0.2, 0) is 6.42 Å². The molecule has 0 aliphatic rings. The second-order valence-electron chi connectivity index (χ2n) is 8.57. The fourth-order valence-electron chi connectivity index (χ4n) is 2.96. The van der Waals surface area contributed by atoms with Crippen molar-refractivity contribution in [2.75, 3.05) is 13.2 Å². The van der Waals surface area contributed by atoms with Crippen LogP contribution in [0.4, 0.5) is 5.69 Å². The molecule has 0 saturated heterocycles. The number of benzene rings is 2. The van der Waals surface area contributed by atoms with Crippen LogP contribution in [-0.4, -0.2) is 23.1 Å². The number of nitrogens with zero attached hydrogens (tertiary/aromatic N) is 3. The zero-order chi connectivity index (χ0) is 22.4. The summed E-state index contributed by atoms with van der Waals surface area (Å²) in [6.45, 7) is 16.6. The molecule has 1 heterocycles. The highest BCUT2D eigenvalue weighted by molar-refractivity contribution is 5.74. The topological polar surface area (TPSA) is 74.6 Å². The molecule has 3 aromatic rings. The van der Waals surface area contributed by atoms with E-state index in [1.54, 1.807) is 25.1 Å². The summed E-state index contributed by atoms with van der Waals surface area (Å²) in [5.41, 5.74) is 9.19. The minimum absolute atomic E-state index is 0.00701. The van der Waals surface area contributed by atoms with Crippen molar-refractivity contribution in [1.82, 2.24) is 9.97 Å². The second kappa shape index (κ2) is 9.59. The number of hydrogen-bond donors (Lipinski definition) is 1. The van der Waals surface area contributed by atoms with E-state index >= 15 is 0 Å². The van der Waals surface area contributed by atoms with Crippen LogP contribution in [0.1, 0.15) is 32.2 Å². The van der Waals surface area contributed by atoms with Gasteiger partial charge in [0.1, 0.15) is 11.6 Å². The Labute approximate surface area is 183 Å². The first-order valence-corrected chi connectivity index (χ1v) is 10.2. The van der Waals surface area contributed by atoms with Gasteiger partial charge in [0.15, 0.2) is 5.69 Å². The first-order valence-electron chi connectivity index (χ1n) is 10.2. The molecule has 160 valence electrons. The SMILES string of the molecule is [C-]#[N+]c1ccc(-c2ccc(CCN)cc2)c(Oc2cc(OCC(C)(C)C)nc(C)n2)c1. The van der Waals surface area contributed by atoms with E-state index in [0.29, 0.717) is 42.2 Å². The van der Waals surface area contributed by atoms with Crippen molar-refractivity contribution in [3.8, 4) is 28.6 Å². The van der Waals surface area contributed by atoms with E-state index in [2.05, 4.69) is 47.7 Å². The van der Waals surface area contributed by atoms with Crippen LogP contribution in [0.2, 0.25) is 0 Å². The third-order valence-corrected chi connectivity index (χ3v) is 4.45. The average molecular weight is 417 g/mol. The summed E-state index contributed by atoms with van der Waals surface area (Å²) in [5, 5.41) is 0. The summed E-state index contributed by atoms with van der Waals surface area (Å²) >= 11 is 0. The molecule has 0 radical (unpaired) electrons. The van der Waals surface area contributed by atoms with E-state index in [-0.39, 0.29) is 5.41 Å². The quantitative estimate of drug-likeness (QED) is 0.499. The average Bonchev–Trinajstić information content (AvgIpc) is 2.72. The predicted molar refractivity (Wildman–Crippen MR) is 123 cm³/mol. The second-order valence-corrected chi connectivity index (χ2v) is 8.57. The lowest BCUT2D eigenvalue weighted by Crippen LogP contribution is -2.17. The van der Waals surface area contributed by atoms with Crippen LogP contribution in [0.5, 0.6) is 17.5 Å². The first kappa shape index (κ1) is 22.3. The largest absolute Gasteiger partial charge is 0.477 e. The third kappa shape index (κ3) is 6.27. The van der Waals surface area contributed by atoms with Gasteiger partial charge in [-0.3, -0.25) is 0 Å². The lowest BCUT2D eigenvalue weighted by Gasteiger charge is -2.18. The summed E-state index contributed by atoms with van der Waals surface area (Å²) in [7, 11) is 0. The van der Waals surface area contributed by atoms with Crippen LogP contribution < -0.4 is 15.2 Å². The highest BCUT2D eigenvalue weighted by Gasteiger charge is 2.15. The molecule has 0 saturated carbocycles. The molecule has 0 aliphatic heterocycles. The zero-order valence-corrected chi connectivity index (χ0v) is 18.5. The standard InChI is InChI=1S/C25H28N4O2/c1-17-28-23(30-16-25(2,3)4)15-24(29-17)31-22-14-20(27-5)10-11-21(22)19-8-6-18(7-9-19)12-13-26/h6-11,14-15H,12-13,16,26H2,1-4H3. The molecule has 3 rings (SSSR count). The number of nitrogens with two attached hydrogens (primary N) is 1. The van der Waals surface area contributed by atoms with Gasteiger partial charge in [-0.1, -0.05) is 57.2 Å². The Morgan fingerprint density at radius 2 is 1.71 bits per heavy atom. The van der Waals surface area contributed by atoms with Crippen LogP contribution in [0.25, 0.3) is 16.0 Å². The molecule has 0 amide bonds. The Kier molecular flexibility index (Phi) is 6.88. The number of hydrogen-bond acceptors (Lipinski definition) is 5. The summed E-state index contributed by atoms with van der Waals surface area (Å²) in [6.07, 6.45) is 0.831. The smallest absolute Gasteiger partial charge is 0.226 e. The van der Waals surface area contributed by atoms with E-state index in [9.17, 15) is 0 Å². The fourth-order valence-corrected chi connectivity index (χ4v) is 2.96. The predicted octanol–water partition coefficient (Wildman–Crippen LogP) is 5.72. The van der Waals surface area contributed by atoms with Crippen LogP contribution >= 0.6 is 0 Å². The van der Waals surface area contributed by atoms with Crippen LogP contribution in [0.15, 0.2) is 48.5 Å². The molecule has 0 bridgehead atoms. The monoisotopic (exact) mass is 416 g/mol. The van der Waals surface area contributed by atoms with Crippen molar-refractivity contribution in [3.05, 3.63) is 71.3 Å². The van der Waals surface area contributed by atoms with Crippen molar-refractivity contribution < 1.29 is 9.47 Å². The van der Waals surface area contributed by atoms with Gasteiger partial charge in [-0.25, -0.2) is 4.85 Å². The Morgan fingerprint density at radius 3 is 2.35 bits per heavy atom. The van der Waals surface area contributed by atoms with Gasteiger partial charge in [0.2, 0.25) is 11.8 Å². The Balaban J connectivity index is 1.93. The number of rotatable bonds is 7. The molecular weight excluding hydrogens is 388 g/mol. The molecule has 0 atom stereocenters. The molecule has 0 spiro atoms. The molecule has 6 heteroatoms. The van der Waals surface area contributed by atoms with Gasteiger partial charge < -0.3 is 15.2 Å². The molecule has 6 nitrogen and oxygen atoms in total. The van der Waals surface area contributed by atoms with Crippen molar-refractivity contribution in [2.24, 2.45) is 11.1 Å². The third-order valence-electron chi connectivity index (χ3n) is 4.45. The van der Waals surface area contributed by atoms with E-state index in [1.807, 2.05) is 18.2 Å².